The van der Waals surface area contributed by atoms with Crippen molar-refractivity contribution in [1.29, 1.82) is 0 Å². The van der Waals surface area contributed by atoms with Crippen LogP contribution in [0.15, 0.2) is 47.7 Å². The maximum absolute atomic E-state index is 4.61. The largest absolute Gasteiger partial charge is 0.369 e. The van der Waals surface area contributed by atoms with Gasteiger partial charge in [-0.1, -0.05) is 33.3 Å². The van der Waals surface area contributed by atoms with Crippen molar-refractivity contribution in [3.63, 3.8) is 0 Å². The molecule has 0 amide bonds. The summed E-state index contributed by atoms with van der Waals surface area (Å²) < 4.78 is 0. The predicted molar refractivity (Wildman–Crippen MR) is 161 cm³/mol. The van der Waals surface area contributed by atoms with E-state index in [2.05, 4.69) is 105 Å². The van der Waals surface area contributed by atoms with Crippen LogP contribution in [0.2, 0.25) is 0 Å². The number of nitrogens with zero attached hydrogens (tertiary/aromatic N) is 5. The molecule has 1 saturated heterocycles. The normalized spacial score (nSPS) is 19.1. The number of fused-ring (bicyclic) bond motifs is 2. The van der Waals surface area contributed by atoms with Crippen molar-refractivity contribution in [3.05, 3.63) is 48.3 Å². The SMILES string of the molecule is CCCCNC1N=CNc2cc(N3CCN(c4ccc5c(NCCC(C)C)ncnc5c4)C(C)C3)ccc21. The molecule has 2 aliphatic rings. The predicted octanol–water partition coefficient (Wildman–Crippen LogP) is 5.65. The van der Waals surface area contributed by atoms with Crippen molar-refractivity contribution >= 4 is 40.1 Å². The van der Waals surface area contributed by atoms with Crippen LogP contribution in [-0.4, -0.2) is 55.1 Å². The van der Waals surface area contributed by atoms with Gasteiger partial charge in [0.1, 0.15) is 18.3 Å². The lowest BCUT2D eigenvalue weighted by atomic mass is 10.1. The first-order valence-electron chi connectivity index (χ1n) is 14.2. The average Bonchev–Trinajstić information content (AvgIpc) is 2.92. The second kappa shape index (κ2) is 12.0. The van der Waals surface area contributed by atoms with Crippen LogP contribution in [0.1, 0.15) is 58.7 Å². The number of hydrogen-bond acceptors (Lipinski definition) is 8. The molecule has 3 heterocycles. The number of aliphatic imine (C=N–C) groups is 1. The molecule has 5 rings (SSSR count). The molecule has 0 saturated carbocycles. The van der Waals surface area contributed by atoms with Gasteiger partial charge in [0.05, 0.1) is 11.9 Å². The van der Waals surface area contributed by atoms with Gasteiger partial charge in [-0.15, -0.1) is 0 Å². The number of unbranched alkanes of at least 4 members (excludes halogenated alkanes) is 1. The zero-order chi connectivity index (χ0) is 26.5. The second-order valence-electron chi connectivity index (χ2n) is 10.9. The first kappa shape index (κ1) is 26.2. The monoisotopic (exact) mass is 514 g/mol. The van der Waals surface area contributed by atoms with Gasteiger partial charge >= 0.3 is 0 Å². The second-order valence-corrected chi connectivity index (χ2v) is 10.9. The summed E-state index contributed by atoms with van der Waals surface area (Å²) >= 11 is 0. The minimum atomic E-state index is 0.0326. The van der Waals surface area contributed by atoms with Gasteiger partial charge in [0, 0.05) is 60.2 Å². The summed E-state index contributed by atoms with van der Waals surface area (Å²) in [4.78, 5) is 18.7. The summed E-state index contributed by atoms with van der Waals surface area (Å²) in [5, 5.41) is 11.5. The molecule has 3 aromatic rings. The Hall–Kier alpha value is -3.39. The van der Waals surface area contributed by atoms with Crippen molar-refractivity contribution in [1.82, 2.24) is 15.3 Å². The minimum absolute atomic E-state index is 0.0326. The van der Waals surface area contributed by atoms with Crippen molar-refractivity contribution in [2.45, 2.75) is 59.2 Å². The topological polar surface area (TPSA) is 80.7 Å². The molecule has 202 valence electrons. The van der Waals surface area contributed by atoms with E-state index in [9.17, 15) is 0 Å². The summed E-state index contributed by atoms with van der Waals surface area (Å²) in [6.07, 6.45) is 6.99. The highest BCUT2D eigenvalue weighted by atomic mass is 15.3. The van der Waals surface area contributed by atoms with E-state index in [1.165, 1.54) is 23.4 Å². The Morgan fingerprint density at radius 2 is 1.92 bits per heavy atom. The first-order valence-corrected chi connectivity index (χ1v) is 14.2. The number of benzene rings is 2. The lowest BCUT2D eigenvalue weighted by molar-refractivity contribution is 0.537. The molecule has 0 radical (unpaired) electrons. The number of anilines is 4. The van der Waals surface area contributed by atoms with Gasteiger partial charge in [-0.2, -0.15) is 0 Å². The van der Waals surface area contributed by atoms with Gasteiger partial charge in [-0.05, 0) is 62.6 Å². The standard InChI is InChI=1S/C30H42N8/c1-5-6-12-31-29-25-9-7-23(16-27(25)33-19-35-29)37-14-15-38(22(4)18-37)24-8-10-26-28(17-24)34-20-36-30(26)32-13-11-21(2)3/h7-10,16-17,19-22,29,31H,5-6,11-15,18H2,1-4H3,(H,33,35)(H,32,34,36). The zero-order valence-corrected chi connectivity index (χ0v) is 23.2. The van der Waals surface area contributed by atoms with Gasteiger partial charge < -0.3 is 20.4 Å². The number of rotatable bonds is 10. The van der Waals surface area contributed by atoms with E-state index in [4.69, 9.17) is 0 Å². The van der Waals surface area contributed by atoms with Crippen LogP contribution < -0.4 is 25.8 Å². The van der Waals surface area contributed by atoms with Crippen molar-refractivity contribution in [2.24, 2.45) is 10.9 Å². The Balaban J connectivity index is 1.26. The molecule has 2 aliphatic heterocycles. The molecule has 0 spiro atoms. The molecule has 1 aromatic heterocycles. The van der Waals surface area contributed by atoms with Crippen LogP contribution in [0.5, 0.6) is 0 Å². The van der Waals surface area contributed by atoms with E-state index in [1.807, 2.05) is 6.34 Å². The van der Waals surface area contributed by atoms with Crippen LogP contribution in [0.3, 0.4) is 0 Å². The molecule has 2 unspecified atom stereocenters. The van der Waals surface area contributed by atoms with E-state index < -0.39 is 0 Å². The van der Waals surface area contributed by atoms with Crippen LogP contribution in [-0.2, 0) is 0 Å². The van der Waals surface area contributed by atoms with Crippen LogP contribution in [0, 0.1) is 5.92 Å². The molecule has 8 nitrogen and oxygen atoms in total. The maximum atomic E-state index is 4.61. The fourth-order valence-corrected chi connectivity index (χ4v) is 5.36. The molecular formula is C30H42N8. The number of hydrogen-bond donors (Lipinski definition) is 3. The fraction of sp³-hybridized carbons (Fsp3) is 0.500. The number of nitrogens with one attached hydrogen (secondary N) is 3. The van der Waals surface area contributed by atoms with Gasteiger partial charge in [-0.25, -0.2) is 9.97 Å². The Morgan fingerprint density at radius 3 is 2.74 bits per heavy atom. The van der Waals surface area contributed by atoms with Gasteiger partial charge in [0.2, 0.25) is 0 Å². The Morgan fingerprint density at radius 1 is 1.05 bits per heavy atom. The minimum Gasteiger partial charge on any atom is -0.369 e. The quantitative estimate of drug-likeness (QED) is 0.302. The summed E-state index contributed by atoms with van der Waals surface area (Å²) in [5.74, 6) is 1.59. The van der Waals surface area contributed by atoms with E-state index in [0.717, 1.165) is 68.0 Å². The molecule has 38 heavy (non-hydrogen) atoms. The average molecular weight is 515 g/mol. The highest BCUT2D eigenvalue weighted by molar-refractivity contribution is 5.91. The van der Waals surface area contributed by atoms with Crippen molar-refractivity contribution < 1.29 is 0 Å². The summed E-state index contributed by atoms with van der Waals surface area (Å²) in [6.45, 7) is 13.8. The van der Waals surface area contributed by atoms with Crippen molar-refractivity contribution in [2.75, 3.05) is 53.2 Å². The van der Waals surface area contributed by atoms with Crippen molar-refractivity contribution in [3.8, 4) is 0 Å². The summed E-state index contributed by atoms with van der Waals surface area (Å²) in [5.41, 5.74) is 5.84. The molecule has 2 aromatic carbocycles. The maximum Gasteiger partial charge on any atom is 0.137 e. The van der Waals surface area contributed by atoms with E-state index in [-0.39, 0.29) is 6.17 Å². The fourth-order valence-electron chi connectivity index (χ4n) is 5.36. The number of aromatic nitrogens is 2. The molecule has 0 aliphatic carbocycles. The van der Waals surface area contributed by atoms with Gasteiger partial charge in [0.25, 0.3) is 0 Å². The smallest absolute Gasteiger partial charge is 0.137 e. The van der Waals surface area contributed by atoms with E-state index in [0.29, 0.717) is 12.0 Å². The Kier molecular flexibility index (Phi) is 8.27. The third-order valence-electron chi connectivity index (χ3n) is 7.60. The lowest BCUT2D eigenvalue weighted by Crippen LogP contribution is -2.52. The Bertz CT molecular complexity index is 1260. The third-order valence-corrected chi connectivity index (χ3v) is 7.60. The summed E-state index contributed by atoms with van der Waals surface area (Å²) in [7, 11) is 0. The van der Waals surface area contributed by atoms with E-state index in [1.54, 1.807) is 6.33 Å². The molecule has 2 atom stereocenters. The molecular weight excluding hydrogens is 472 g/mol. The summed E-state index contributed by atoms with van der Waals surface area (Å²) in [6, 6.07) is 13.7. The molecule has 8 heteroatoms. The third kappa shape index (κ3) is 5.85. The highest BCUT2D eigenvalue weighted by Crippen LogP contribution is 2.33. The van der Waals surface area contributed by atoms with Gasteiger partial charge in [-0.3, -0.25) is 10.3 Å². The molecule has 0 bridgehead atoms. The van der Waals surface area contributed by atoms with Crippen LogP contribution >= 0.6 is 0 Å². The lowest BCUT2D eigenvalue weighted by Gasteiger charge is -2.42. The molecule has 1 fully saturated rings. The number of piperazine rings is 1. The Labute approximate surface area is 227 Å². The zero-order valence-electron chi connectivity index (χ0n) is 23.2. The van der Waals surface area contributed by atoms with Crippen LogP contribution in [0.25, 0.3) is 10.9 Å². The van der Waals surface area contributed by atoms with Crippen LogP contribution in [0.4, 0.5) is 22.9 Å². The molecule has 3 N–H and O–H groups in total. The first-order chi connectivity index (χ1) is 18.5. The highest BCUT2D eigenvalue weighted by Gasteiger charge is 2.26. The van der Waals surface area contributed by atoms with E-state index >= 15 is 0 Å². The van der Waals surface area contributed by atoms with Gasteiger partial charge in [0.15, 0.2) is 0 Å².